The molecule has 0 N–H and O–H groups in total. The molecule has 31 heavy (non-hydrogen) atoms. The number of aryl methyl sites for hydroxylation is 1. The lowest BCUT2D eigenvalue weighted by Crippen LogP contribution is -2.41. The Kier molecular flexibility index (Phi) is 6.11. The molecule has 2 aromatic carbocycles. The lowest BCUT2D eigenvalue weighted by Gasteiger charge is -2.28. The Labute approximate surface area is 186 Å². The minimum Gasteiger partial charge on any atom is -0.497 e. The number of nitrogens with zero attached hydrogens (tertiary/aromatic N) is 2. The fourth-order valence-electron chi connectivity index (χ4n) is 3.85. The molecule has 1 aromatic heterocycles. The molecule has 6 nitrogen and oxygen atoms in total. The Morgan fingerprint density at radius 2 is 1.97 bits per heavy atom. The molecule has 1 aliphatic rings. The molecule has 1 amide bonds. The predicted octanol–water partition coefficient (Wildman–Crippen LogP) is 3.96. The summed E-state index contributed by atoms with van der Waals surface area (Å²) in [6.07, 6.45) is 0.432. The normalized spacial score (nSPS) is 17.4. The standard InChI is InChI=1S/C23H24N2O4S2/c1-16-24-21(22(30-16)18-8-4-3-5-9-18)23(26)25(19-11-12-31(27,28)15-19)14-17-7-6-10-20(13-17)29-2/h3-10,13,19H,11-12,14-15H2,1-2H3. The summed E-state index contributed by atoms with van der Waals surface area (Å²) >= 11 is 1.47. The smallest absolute Gasteiger partial charge is 0.274 e. The van der Waals surface area contributed by atoms with Crippen molar-refractivity contribution in [3.8, 4) is 16.2 Å². The highest BCUT2D eigenvalue weighted by Crippen LogP contribution is 2.32. The van der Waals surface area contributed by atoms with E-state index in [0.717, 1.165) is 21.0 Å². The average molecular weight is 457 g/mol. The third kappa shape index (κ3) is 4.80. The average Bonchev–Trinajstić information content (AvgIpc) is 3.34. The van der Waals surface area contributed by atoms with Crippen LogP contribution in [0.3, 0.4) is 0 Å². The molecule has 8 heteroatoms. The van der Waals surface area contributed by atoms with Crippen molar-refractivity contribution in [1.29, 1.82) is 0 Å². The SMILES string of the molecule is COc1cccc(CN(C(=O)c2nc(C)sc2-c2ccccc2)C2CCS(=O)(=O)C2)c1. The fraction of sp³-hybridized carbons (Fsp3) is 0.304. The number of sulfone groups is 1. The molecule has 0 bridgehead atoms. The van der Waals surface area contributed by atoms with E-state index in [9.17, 15) is 13.2 Å². The van der Waals surface area contributed by atoms with E-state index in [0.29, 0.717) is 24.4 Å². The summed E-state index contributed by atoms with van der Waals surface area (Å²) in [5.41, 5.74) is 2.18. The van der Waals surface area contributed by atoms with Gasteiger partial charge in [0.2, 0.25) is 0 Å². The number of methoxy groups -OCH3 is 1. The van der Waals surface area contributed by atoms with Crippen molar-refractivity contribution in [3.05, 3.63) is 70.9 Å². The van der Waals surface area contributed by atoms with Crippen LogP contribution in [-0.4, -0.2) is 48.9 Å². The van der Waals surface area contributed by atoms with Crippen LogP contribution in [0.2, 0.25) is 0 Å². The first-order chi connectivity index (χ1) is 14.9. The monoisotopic (exact) mass is 456 g/mol. The van der Waals surface area contributed by atoms with Crippen molar-refractivity contribution in [2.45, 2.75) is 25.9 Å². The van der Waals surface area contributed by atoms with Crippen LogP contribution >= 0.6 is 11.3 Å². The number of hydrogen-bond donors (Lipinski definition) is 0. The second-order valence-corrected chi connectivity index (χ2v) is 11.0. The van der Waals surface area contributed by atoms with E-state index in [1.54, 1.807) is 12.0 Å². The summed E-state index contributed by atoms with van der Waals surface area (Å²) in [6, 6.07) is 16.8. The Hall–Kier alpha value is -2.71. The second kappa shape index (κ2) is 8.80. The molecule has 2 heterocycles. The van der Waals surface area contributed by atoms with Gasteiger partial charge in [-0.15, -0.1) is 11.3 Å². The molecular formula is C23H24N2O4S2. The van der Waals surface area contributed by atoms with Crippen LogP contribution in [-0.2, 0) is 16.4 Å². The van der Waals surface area contributed by atoms with Gasteiger partial charge in [0.1, 0.15) is 11.4 Å². The lowest BCUT2D eigenvalue weighted by atomic mass is 10.1. The summed E-state index contributed by atoms with van der Waals surface area (Å²) in [4.78, 5) is 20.8. The van der Waals surface area contributed by atoms with Gasteiger partial charge in [0.05, 0.1) is 28.5 Å². The number of rotatable bonds is 6. The Morgan fingerprint density at radius 1 is 1.19 bits per heavy atom. The number of carbonyl (C=O) groups is 1. The van der Waals surface area contributed by atoms with Crippen molar-refractivity contribution in [2.24, 2.45) is 0 Å². The number of benzene rings is 2. The van der Waals surface area contributed by atoms with Gasteiger partial charge < -0.3 is 9.64 Å². The van der Waals surface area contributed by atoms with Crippen molar-refractivity contribution in [2.75, 3.05) is 18.6 Å². The van der Waals surface area contributed by atoms with E-state index < -0.39 is 9.84 Å². The van der Waals surface area contributed by atoms with Crippen molar-refractivity contribution in [1.82, 2.24) is 9.88 Å². The van der Waals surface area contributed by atoms with Gasteiger partial charge in [-0.1, -0.05) is 42.5 Å². The van der Waals surface area contributed by atoms with E-state index in [4.69, 9.17) is 4.74 Å². The molecular weight excluding hydrogens is 432 g/mol. The molecule has 162 valence electrons. The van der Waals surface area contributed by atoms with Crippen molar-refractivity contribution < 1.29 is 17.9 Å². The Balaban J connectivity index is 1.73. The minimum absolute atomic E-state index is 0.0213. The molecule has 1 unspecified atom stereocenters. The molecule has 1 aliphatic heterocycles. The summed E-state index contributed by atoms with van der Waals surface area (Å²) in [6.45, 7) is 2.17. The molecule has 0 radical (unpaired) electrons. The van der Waals surface area contributed by atoms with E-state index in [1.807, 2.05) is 61.5 Å². The largest absolute Gasteiger partial charge is 0.497 e. The van der Waals surface area contributed by atoms with Crippen LogP contribution in [0.1, 0.15) is 27.5 Å². The second-order valence-electron chi connectivity index (χ2n) is 7.62. The lowest BCUT2D eigenvalue weighted by molar-refractivity contribution is 0.0676. The van der Waals surface area contributed by atoms with E-state index >= 15 is 0 Å². The van der Waals surface area contributed by atoms with Gasteiger partial charge in [0.25, 0.3) is 5.91 Å². The van der Waals surface area contributed by atoms with Crippen LogP contribution in [0.5, 0.6) is 5.75 Å². The van der Waals surface area contributed by atoms with Gasteiger partial charge >= 0.3 is 0 Å². The quantitative estimate of drug-likeness (QED) is 0.561. The first kappa shape index (κ1) is 21.5. The maximum absolute atomic E-state index is 13.8. The zero-order valence-corrected chi connectivity index (χ0v) is 19.1. The first-order valence-corrected chi connectivity index (χ1v) is 12.7. The molecule has 1 saturated heterocycles. The maximum Gasteiger partial charge on any atom is 0.274 e. The third-order valence-electron chi connectivity index (χ3n) is 5.37. The van der Waals surface area contributed by atoms with Crippen molar-refractivity contribution >= 4 is 27.1 Å². The summed E-state index contributed by atoms with van der Waals surface area (Å²) in [5.74, 6) is 0.528. The topological polar surface area (TPSA) is 76.6 Å². The molecule has 1 atom stereocenters. The molecule has 1 fully saturated rings. The number of thiazole rings is 1. The van der Waals surface area contributed by atoms with Gasteiger partial charge in [-0.3, -0.25) is 4.79 Å². The number of carbonyl (C=O) groups excluding carboxylic acids is 1. The van der Waals surface area contributed by atoms with Crippen molar-refractivity contribution in [3.63, 3.8) is 0 Å². The van der Waals surface area contributed by atoms with Gasteiger partial charge in [-0.2, -0.15) is 0 Å². The zero-order chi connectivity index (χ0) is 22.0. The van der Waals surface area contributed by atoms with E-state index in [-0.39, 0.29) is 23.5 Å². The first-order valence-electron chi connectivity index (χ1n) is 10.0. The highest BCUT2D eigenvalue weighted by atomic mass is 32.2. The molecule has 3 aromatic rings. The highest BCUT2D eigenvalue weighted by Gasteiger charge is 2.36. The van der Waals surface area contributed by atoms with E-state index in [1.165, 1.54) is 11.3 Å². The number of hydrogen-bond acceptors (Lipinski definition) is 6. The molecule has 0 aliphatic carbocycles. The van der Waals surface area contributed by atoms with Crippen LogP contribution in [0.4, 0.5) is 0 Å². The number of ether oxygens (including phenoxy) is 1. The molecule has 4 rings (SSSR count). The van der Waals surface area contributed by atoms with Gasteiger partial charge in [0.15, 0.2) is 9.84 Å². The van der Waals surface area contributed by atoms with Gasteiger partial charge in [0, 0.05) is 12.6 Å². The van der Waals surface area contributed by atoms with Gasteiger partial charge in [-0.05, 0) is 36.6 Å². The predicted molar refractivity (Wildman–Crippen MR) is 122 cm³/mol. The number of aromatic nitrogens is 1. The minimum atomic E-state index is -3.15. The maximum atomic E-state index is 13.8. The molecule has 0 spiro atoms. The fourth-order valence-corrected chi connectivity index (χ4v) is 6.50. The Morgan fingerprint density at radius 3 is 2.65 bits per heavy atom. The van der Waals surface area contributed by atoms with Crippen LogP contribution in [0.25, 0.3) is 10.4 Å². The van der Waals surface area contributed by atoms with Gasteiger partial charge in [-0.25, -0.2) is 13.4 Å². The third-order valence-corrected chi connectivity index (χ3v) is 8.14. The zero-order valence-electron chi connectivity index (χ0n) is 17.4. The Bertz CT molecular complexity index is 1190. The molecule has 0 saturated carbocycles. The van der Waals surface area contributed by atoms with Crippen LogP contribution in [0, 0.1) is 6.92 Å². The highest BCUT2D eigenvalue weighted by molar-refractivity contribution is 7.91. The van der Waals surface area contributed by atoms with Crippen LogP contribution in [0.15, 0.2) is 54.6 Å². The van der Waals surface area contributed by atoms with Crippen LogP contribution < -0.4 is 4.74 Å². The van der Waals surface area contributed by atoms with E-state index in [2.05, 4.69) is 4.98 Å². The summed E-state index contributed by atoms with van der Waals surface area (Å²) in [7, 11) is -1.56. The summed E-state index contributed by atoms with van der Waals surface area (Å²) < 4.78 is 29.7. The summed E-state index contributed by atoms with van der Waals surface area (Å²) in [5, 5.41) is 0.794. The number of amides is 1.